The Bertz CT molecular complexity index is 748. The number of aliphatic hydroxyl groups is 2. The summed E-state index contributed by atoms with van der Waals surface area (Å²) in [7, 11) is 0. The first-order valence-electron chi connectivity index (χ1n) is 10.7. The van der Waals surface area contributed by atoms with Crippen LogP contribution in [0, 0.1) is 29.1 Å². The molecule has 4 rings (SSSR count). The van der Waals surface area contributed by atoms with Gasteiger partial charge in [-0.2, -0.15) is 0 Å². The first-order chi connectivity index (χ1) is 13.1. The Balaban J connectivity index is 1.69. The zero-order chi connectivity index (χ0) is 20.3. The molecule has 154 valence electrons. The number of hydrogen-bond acceptors (Lipinski definition) is 4. The molecule has 3 N–H and O–H groups in total. The summed E-state index contributed by atoms with van der Waals surface area (Å²) >= 11 is 0. The maximum Gasteiger partial charge on any atom is 0.306 e. The molecule has 0 radical (unpaired) electrons. The maximum absolute atomic E-state index is 13.0. The van der Waals surface area contributed by atoms with E-state index < -0.39 is 17.7 Å². The summed E-state index contributed by atoms with van der Waals surface area (Å²) in [5.41, 5.74) is 1.09. The summed E-state index contributed by atoms with van der Waals surface area (Å²) in [6.07, 6.45) is 8.82. The molecule has 0 spiro atoms. The van der Waals surface area contributed by atoms with Gasteiger partial charge >= 0.3 is 5.97 Å². The van der Waals surface area contributed by atoms with E-state index in [2.05, 4.69) is 13.0 Å². The van der Waals surface area contributed by atoms with Gasteiger partial charge in [-0.3, -0.25) is 9.59 Å². The average molecular weight is 389 g/mol. The van der Waals surface area contributed by atoms with Crippen LogP contribution in [0.15, 0.2) is 23.3 Å². The molecular weight excluding hydrogens is 356 g/mol. The molecule has 7 atom stereocenters. The van der Waals surface area contributed by atoms with Crippen molar-refractivity contribution in [1.82, 2.24) is 0 Å². The molecule has 2 fully saturated rings. The van der Waals surface area contributed by atoms with Gasteiger partial charge in [0, 0.05) is 11.8 Å². The lowest BCUT2D eigenvalue weighted by atomic mass is 9.56. The van der Waals surface area contributed by atoms with Crippen LogP contribution >= 0.6 is 0 Å². The Labute approximate surface area is 166 Å². The van der Waals surface area contributed by atoms with E-state index in [1.165, 1.54) is 11.1 Å². The van der Waals surface area contributed by atoms with Crippen molar-refractivity contribution in [1.29, 1.82) is 0 Å². The van der Waals surface area contributed by atoms with Gasteiger partial charge in [0.25, 0.3) is 0 Å². The van der Waals surface area contributed by atoms with Crippen LogP contribution in [0.2, 0.25) is 0 Å². The van der Waals surface area contributed by atoms with Gasteiger partial charge in [-0.05, 0) is 75.2 Å². The fourth-order valence-electron chi connectivity index (χ4n) is 6.99. The normalized spacial score (nSPS) is 42.3. The van der Waals surface area contributed by atoms with E-state index in [4.69, 9.17) is 0 Å². The van der Waals surface area contributed by atoms with E-state index in [0.29, 0.717) is 12.8 Å². The van der Waals surface area contributed by atoms with Gasteiger partial charge in [0.15, 0.2) is 5.78 Å². The highest BCUT2D eigenvalue weighted by Gasteiger charge is 2.57. The number of fused-ring (bicyclic) bond motifs is 6. The molecule has 0 amide bonds. The number of carbonyl (C=O) groups is 2. The Morgan fingerprint density at radius 3 is 2.79 bits per heavy atom. The van der Waals surface area contributed by atoms with Crippen molar-refractivity contribution >= 4 is 11.8 Å². The highest BCUT2D eigenvalue weighted by molar-refractivity contribution is 5.93. The number of hydrogen-bond donors (Lipinski definition) is 3. The molecule has 0 aromatic rings. The molecule has 2 bridgehead atoms. The van der Waals surface area contributed by atoms with Crippen LogP contribution in [0.4, 0.5) is 0 Å². The lowest BCUT2D eigenvalue weighted by Gasteiger charge is -2.49. The molecule has 0 saturated heterocycles. The number of aliphatic hydroxyl groups excluding tert-OH is 1. The molecule has 2 saturated carbocycles. The number of rotatable bonds is 3. The highest BCUT2D eigenvalue weighted by Crippen LogP contribution is 2.63. The maximum atomic E-state index is 13.0. The number of ketones is 1. The van der Waals surface area contributed by atoms with Gasteiger partial charge in [0.05, 0.1) is 18.1 Å². The number of carboxylic acid groups (broad SMARTS) is 1. The topological polar surface area (TPSA) is 94.8 Å². The van der Waals surface area contributed by atoms with Crippen molar-refractivity contribution in [2.75, 3.05) is 0 Å². The minimum absolute atomic E-state index is 0.0840. The van der Waals surface area contributed by atoms with Crippen molar-refractivity contribution in [3.8, 4) is 0 Å². The summed E-state index contributed by atoms with van der Waals surface area (Å²) in [5.74, 6) is -0.565. The minimum Gasteiger partial charge on any atom is -0.481 e. The van der Waals surface area contributed by atoms with Crippen LogP contribution in [-0.2, 0) is 9.59 Å². The van der Waals surface area contributed by atoms with Crippen LogP contribution in [0.5, 0.6) is 0 Å². The van der Waals surface area contributed by atoms with Gasteiger partial charge in [-0.1, -0.05) is 24.1 Å². The van der Waals surface area contributed by atoms with E-state index in [0.717, 1.165) is 32.1 Å². The van der Waals surface area contributed by atoms with Crippen LogP contribution in [0.3, 0.4) is 0 Å². The van der Waals surface area contributed by atoms with Gasteiger partial charge < -0.3 is 15.3 Å². The lowest BCUT2D eigenvalue weighted by molar-refractivity contribution is -0.147. The molecule has 0 aliphatic heterocycles. The van der Waals surface area contributed by atoms with Crippen molar-refractivity contribution in [2.24, 2.45) is 29.1 Å². The summed E-state index contributed by atoms with van der Waals surface area (Å²) in [4.78, 5) is 24.2. The number of carbonyl (C=O) groups excluding carboxylic acids is 1. The second-order valence-corrected chi connectivity index (χ2v) is 10.1. The predicted molar refractivity (Wildman–Crippen MR) is 104 cm³/mol. The molecular formula is C23H32O5. The smallest absolute Gasteiger partial charge is 0.306 e. The first-order valence-corrected chi connectivity index (χ1v) is 10.7. The van der Waals surface area contributed by atoms with Crippen LogP contribution < -0.4 is 0 Å². The largest absolute Gasteiger partial charge is 0.481 e. The van der Waals surface area contributed by atoms with Gasteiger partial charge in [0.2, 0.25) is 0 Å². The lowest BCUT2D eigenvalue weighted by Crippen LogP contribution is -2.47. The third kappa shape index (κ3) is 3.17. The Kier molecular flexibility index (Phi) is 4.82. The predicted octanol–water partition coefficient (Wildman–Crippen LogP) is 3.25. The van der Waals surface area contributed by atoms with E-state index in [-0.39, 0.29) is 41.3 Å². The van der Waals surface area contributed by atoms with Gasteiger partial charge in [-0.25, -0.2) is 0 Å². The Morgan fingerprint density at radius 2 is 2.07 bits per heavy atom. The second-order valence-electron chi connectivity index (χ2n) is 10.1. The fourth-order valence-corrected chi connectivity index (χ4v) is 6.99. The second kappa shape index (κ2) is 6.81. The van der Waals surface area contributed by atoms with Crippen molar-refractivity contribution < 1.29 is 24.9 Å². The minimum atomic E-state index is -1.24. The molecule has 0 unspecified atom stereocenters. The summed E-state index contributed by atoms with van der Waals surface area (Å²) < 4.78 is 0. The van der Waals surface area contributed by atoms with Gasteiger partial charge in [-0.15, -0.1) is 0 Å². The molecule has 5 nitrogen and oxygen atoms in total. The van der Waals surface area contributed by atoms with Crippen molar-refractivity contribution in [3.63, 3.8) is 0 Å². The van der Waals surface area contributed by atoms with Crippen LogP contribution in [0.1, 0.15) is 65.2 Å². The monoisotopic (exact) mass is 388 g/mol. The zero-order valence-corrected chi connectivity index (χ0v) is 16.9. The molecule has 0 aromatic heterocycles. The van der Waals surface area contributed by atoms with Crippen molar-refractivity contribution in [2.45, 2.75) is 76.9 Å². The van der Waals surface area contributed by atoms with Crippen LogP contribution in [-0.4, -0.2) is 38.8 Å². The summed E-state index contributed by atoms with van der Waals surface area (Å²) in [6.45, 7) is 3.85. The average Bonchev–Trinajstić information content (AvgIpc) is 2.75. The van der Waals surface area contributed by atoms with E-state index in [1.807, 2.05) is 6.08 Å². The molecule has 4 aliphatic carbocycles. The molecule has 28 heavy (non-hydrogen) atoms. The number of aliphatic carboxylic acids is 1. The third-order valence-corrected chi connectivity index (χ3v) is 8.22. The van der Waals surface area contributed by atoms with E-state index >= 15 is 0 Å². The molecule has 4 aliphatic rings. The summed E-state index contributed by atoms with van der Waals surface area (Å²) in [6, 6.07) is 0. The quantitative estimate of drug-likeness (QED) is 0.645. The van der Waals surface area contributed by atoms with Crippen LogP contribution in [0.25, 0.3) is 0 Å². The Hall–Kier alpha value is -1.46. The SMILES string of the molecule is C[C@]12CC[C@@H]3C4=CC[C@H](O)C[C@H](C4)C(=O)C=C3[C@@H]1CC[C@@H]2[C@](C)(O)CC(=O)O. The standard InChI is InChI=1S/C23H32O5/c1-22-8-7-16-13-3-4-15(24)10-14(9-13)19(25)11-17(16)18(22)5-6-20(22)23(2,28)12-21(26)27/h3,11,14-16,18,20,24,28H,4-10,12H2,1-2H3,(H,26,27)/t14-,15-,16+,18-,20-,22-,23+/m0/s1. The molecule has 0 heterocycles. The Morgan fingerprint density at radius 1 is 1.32 bits per heavy atom. The molecule has 0 aromatic carbocycles. The third-order valence-electron chi connectivity index (χ3n) is 8.22. The first kappa shape index (κ1) is 19.8. The fraction of sp³-hybridized carbons (Fsp3) is 0.739. The summed E-state index contributed by atoms with van der Waals surface area (Å²) in [5, 5.41) is 30.4. The number of carboxylic acids is 1. The number of allylic oxidation sites excluding steroid dienone is 3. The van der Waals surface area contributed by atoms with E-state index in [1.54, 1.807) is 6.92 Å². The van der Waals surface area contributed by atoms with Crippen molar-refractivity contribution in [3.05, 3.63) is 23.3 Å². The molecule has 5 heteroatoms. The van der Waals surface area contributed by atoms with E-state index in [9.17, 15) is 24.9 Å². The highest BCUT2D eigenvalue weighted by atomic mass is 16.4. The zero-order valence-electron chi connectivity index (χ0n) is 16.9. The van der Waals surface area contributed by atoms with Gasteiger partial charge in [0.1, 0.15) is 0 Å².